The van der Waals surface area contributed by atoms with Crippen molar-refractivity contribution in [3.8, 4) is 21.9 Å². The first kappa shape index (κ1) is 26.7. The lowest BCUT2D eigenvalue weighted by molar-refractivity contribution is -0.275. The van der Waals surface area contributed by atoms with E-state index in [1.165, 1.54) is 35.8 Å². The third kappa shape index (κ3) is 5.81. The van der Waals surface area contributed by atoms with Crippen LogP contribution < -0.4 is 20.7 Å². The van der Waals surface area contributed by atoms with Gasteiger partial charge in [0.05, 0.1) is 23.1 Å². The van der Waals surface area contributed by atoms with Crippen LogP contribution in [0.5, 0.6) is 11.5 Å². The van der Waals surface area contributed by atoms with Crippen LogP contribution in [0.25, 0.3) is 20.7 Å². The molecule has 4 aromatic rings. The van der Waals surface area contributed by atoms with Gasteiger partial charge in [0, 0.05) is 4.88 Å². The first-order valence-electron chi connectivity index (χ1n) is 10.7. The molecule has 0 spiro atoms. The molecule has 0 aliphatic rings. The predicted octanol–water partition coefficient (Wildman–Crippen LogP) is 5.38. The molecule has 4 rings (SSSR count). The van der Waals surface area contributed by atoms with E-state index < -0.39 is 35.3 Å². The van der Waals surface area contributed by atoms with Gasteiger partial charge in [-0.2, -0.15) is 0 Å². The Morgan fingerprint density at radius 1 is 1.16 bits per heavy atom. The lowest BCUT2D eigenvalue weighted by Crippen LogP contribution is -2.32. The first-order chi connectivity index (χ1) is 17.3. The summed E-state index contributed by atoms with van der Waals surface area (Å²) in [6.45, 7) is 2.73. The average Bonchev–Trinajstić information content (AvgIpc) is 3.14. The van der Waals surface area contributed by atoms with Crippen molar-refractivity contribution < 1.29 is 32.1 Å². The second kappa shape index (κ2) is 10.2. The van der Waals surface area contributed by atoms with Crippen molar-refractivity contribution in [2.24, 2.45) is 0 Å². The fourth-order valence-electron chi connectivity index (χ4n) is 3.74. The summed E-state index contributed by atoms with van der Waals surface area (Å²) in [5.41, 5.74) is -0.319. The normalized spacial score (nSPS) is 12.6. The summed E-state index contributed by atoms with van der Waals surface area (Å²) in [6.07, 6.45) is -5.93. The number of fused-ring (bicyclic) bond motifs is 1. The van der Waals surface area contributed by atoms with Crippen LogP contribution >= 0.6 is 22.9 Å². The molecule has 37 heavy (non-hydrogen) atoms. The number of hydrogen-bond donors (Lipinski definition) is 2. The van der Waals surface area contributed by atoms with Gasteiger partial charge in [-0.25, -0.2) is 9.18 Å². The number of aromatic nitrogens is 2. The average molecular weight is 559 g/mol. The molecular weight excluding hydrogens is 540 g/mol. The van der Waals surface area contributed by atoms with E-state index >= 15 is 0 Å². The van der Waals surface area contributed by atoms with Crippen LogP contribution in [0.15, 0.2) is 46.0 Å². The number of ether oxygens (including phenoxy) is 2. The van der Waals surface area contributed by atoms with Crippen molar-refractivity contribution in [2.45, 2.75) is 39.5 Å². The Hall–Kier alpha value is -3.35. The van der Waals surface area contributed by atoms with E-state index in [0.717, 1.165) is 23.5 Å². The zero-order chi connectivity index (χ0) is 27.1. The van der Waals surface area contributed by atoms with Crippen LogP contribution in [-0.4, -0.2) is 27.1 Å². The Bertz CT molecular complexity index is 1590. The minimum Gasteiger partial charge on any atom is -0.485 e. The summed E-state index contributed by atoms with van der Waals surface area (Å²) in [5, 5.41) is 9.86. The number of halogens is 5. The molecule has 1 atom stereocenters. The van der Waals surface area contributed by atoms with E-state index in [0.29, 0.717) is 16.0 Å². The topological polar surface area (TPSA) is 93.5 Å². The number of H-pyrrole nitrogens is 1. The van der Waals surface area contributed by atoms with Crippen LogP contribution in [0.2, 0.25) is 5.02 Å². The van der Waals surface area contributed by atoms with E-state index in [2.05, 4.69) is 9.72 Å². The monoisotopic (exact) mass is 558 g/mol. The van der Waals surface area contributed by atoms with Gasteiger partial charge in [-0.1, -0.05) is 17.7 Å². The van der Waals surface area contributed by atoms with Crippen molar-refractivity contribution in [1.82, 2.24) is 9.55 Å². The van der Waals surface area contributed by atoms with Gasteiger partial charge in [-0.3, -0.25) is 14.3 Å². The summed E-state index contributed by atoms with van der Waals surface area (Å²) in [5.74, 6) is -1.60. The van der Waals surface area contributed by atoms with Gasteiger partial charge in [0.25, 0.3) is 5.56 Å². The van der Waals surface area contributed by atoms with E-state index in [1.54, 1.807) is 6.92 Å². The van der Waals surface area contributed by atoms with E-state index in [4.69, 9.17) is 16.3 Å². The molecule has 2 N–H and O–H groups in total. The molecule has 0 bridgehead atoms. The first-order valence-corrected chi connectivity index (χ1v) is 11.9. The lowest BCUT2D eigenvalue weighted by Gasteiger charge is -2.15. The fraction of sp³-hybridized carbons (Fsp3) is 0.250. The number of nitrogens with one attached hydrogen (secondary N) is 1. The van der Waals surface area contributed by atoms with Crippen molar-refractivity contribution in [3.63, 3.8) is 0 Å². The van der Waals surface area contributed by atoms with Gasteiger partial charge in [-0.15, -0.1) is 24.5 Å². The predicted molar refractivity (Wildman–Crippen MR) is 131 cm³/mol. The zero-order valence-corrected chi connectivity index (χ0v) is 20.9. The largest absolute Gasteiger partial charge is 0.573 e. The SMILES string of the molecule is Cc1c(-c2ccc(OCc3ccc(Cl)c(F)c3)c(OC(F)(F)F)c2)sc2c1c(=O)[nH]c(=O)n2CC(C)O. The van der Waals surface area contributed by atoms with Gasteiger partial charge >= 0.3 is 12.1 Å². The maximum Gasteiger partial charge on any atom is 0.573 e. The molecule has 0 fully saturated rings. The minimum absolute atomic E-state index is 0.0913. The van der Waals surface area contributed by atoms with Gasteiger partial charge in [0.15, 0.2) is 11.5 Å². The number of thiophene rings is 1. The molecule has 0 aliphatic carbocycles. The molecule has 196 valence electrons. The van der Waals surface area contributed by atoms with Crippen molar-refractivity contribution in [2.75, 3.05) is 0 Å². The molecule has 2 heterocycles. The smallest absolute Gasteiger partial charge is 0.485 e. The van der Waals surface area contributed by atoms with E-state index in [1.807, 2.05) is 0 Å². The molecule has 13 heteroatoms. The molecule has 0 radical (unpaired) electrons. The van der Waals surface area contributed by atoms with E-state index in [9.17, 15) is 32.3 Å². The van der Waals surface area contributed by atoms with Crippen LogP contribution in [0.3, 0.4) is 0 Å². The number of aryl methyl sites for hydroxylation is 1. The van der Waals surface area contributed by atoms with Crippen LogP contribution in [0.1, 0.15) is 18.1 Å². The Balaban J connectivity index is 1.78. The lowest BCUT2D eigenvalue weighted by atomic mass is 10.1. The molecule has 0 amide bonds. The quantitative estimate of drug-likeness (QED) is 0.297. The third-order valence-corrected chi connectivity index (χ3v) is 6.99. The number of alkyl halides is 3. The van der Waals surface area contributed by atoms with Crippen molar-refractivity contribution in [1.29, 1.82) is 0 Å². The molecule has 0 saturated carbocycles. The summed E-state index contributed by atoms with van der Waals surface area (Å²) in [4.78, 5) is 27.8. The fourth-order valence-corrected chi connectivity index (χ4v) is 5.17. The summed E-state index contributed by atoms with van der Waals surface area (Å²) >= 11 is 6.67. The second-order valence-electron chi connectivity index (χ2n) is 8.20. The number of aliphatic hydroxyl groups excluding tert-OH is 1. The van der Waals surface area contributed by atoms with Gasteiger partial charge in [0.2, 0.25) is 0 Å². The molecule has 0 saturated heterocycles. The number of benzene rings is 2. The maximum absolute atomic E-state index is 13.7. The van der Waals surface area contributed by atoms with Crippen LogP contribution in [0, 0.1) is 12.7 Å². The Morgan fingerprint density at radius 2 is 1.89 bits per heavy atom. The van der Waals surface area contributed by atoms with Crippen LogP contribution in [-0.2, 0) is 13.2 Å². The molecule has 0 aliphatic heterocycles. The van der Waals surface area contributed by atoms with Gasteiger partial charge in [0.1, 0.15) is 17.3 Å². The number of rotatable bonds is 7. The highest BCUT2D eigenvalue weighted by atomic mass is 35.5. The zero-order valence-electron chi connectivity index (χ0n) is 19.3. The number of aliphatic hydroxyl groups is 1. The maximum atomic E-state index is 13.7. The van der Waals surface area contributed by atoms with Gasteiger partial charge < -0.3 is 14.6 Å². The highest BCUT2D eigenvalue weighted by Crippen LogP contribution is 2.41. The molecular formula is C24H19ClF4N2O5S. The minimum atomic E-state index is -5.03. The van der Waals surface area contributed by atoms with Gasteiger partial charge in [-0.05, 0) is 60.9 Å². The number of hydrogen-bond acceptors (Lipinski definition) is 6. The Labute approximate surface area is 215 Å². The Morgan fingerprint density at radius 3 is 2.54 bits per heavy atom. The number of nitrogens with zero attached hydrogens (tertiary/aromatic N) is 1. The summed E-state index contributed by atoms with van der Waals surface area (Å²) in [6, 6.07) is 7.72. The standard InChI is InChI=1S/C24H19ClF4N2O5S/c1-11(32)9-31-22-19(21(33)30-23(31)34)12(2)20(37-22)14-4-6-17(18(8-14)36-24(27,28)29)35-10-13-3-5-15(25)16(26)7-13/h3-8,11,32H,9-10H2,1-2H3,(H,30,33,34). The molecule has 2 aromatic carbocycles. The molecule has 2 aromatic heterocycles. The molecule has 1 unspecified atom stereocenters. The van der Waals surface area contributed by atoms with Crippen LogP contribution in [0.4, 0.5) is 17.6 Å². The number of aromatic amines is 1. The third-order valence-electron chi connectivity index (χ3n) is 5.32. The van der Waals surface area contributed by atoms with Crippen molar-refractivity contribution in [3.05, 3.63) is 79.2 Å². The highest BCUT2D eigenvalue weighted by Gasteiger charge is 2.33. The summed E-state index contributed by atoms with van der Waals surface area (Å²) in [7, 11) is 0. The Kier molecular flexibility index (Phi) is 7.36. The molecule has 7 nitrogen and oxygen atoms in total. The highest BCUT2D eigenvalue weighted by molar-refractivity contribution is 7.22. The van der Waals surface area contributed by atoms with Crippen molar-refractivity contribution >= 4 is 33.2 Å². The van der Waals surface area contributed by atoms with E-state index in [-0.39, 0.29) is 39.7 Å². The summed E-state index contributed by atoms with van der Waals surface area (Å²) < 4.78 is 64.1. The second-order valence-corrected chi connectivity index (χ2v) is 9.61.